The van der Waals surface area contributed by atoms with E-state index in [1.807, 2.05) is 0 Å². The number of nitrogens with two attached hydrogens (primary N) is 2. The van der Waals surface area contributed by atoms with Crippen molar-refractivity contribution in [1.29, 1.82) is 0 Å². The first-order valence-corrected chi connectivity index (χ1v) is 7.04. The first-order chi connectivity index (χ1) is 10.8. The largest absolute Gasteiger partial charge is 0.366 e. The molecule has 118 valence electrons. The van der Waals surface area contributed by atoms with Crippen LogP contribution in [0.2, 0.25) is 10.0 Å². The van der Waals surface area contributed by atoms with Crippen LogP contribution in [0.1, 0.15) is 31.1 Å². The molecule has 2 aromatic carbocycles. The molecule has 5 N–H and O–H groups in total. The molecule has 0 bridgehead atoms. The number of carbonyl (C=O) groups is 3. The summed E-state index contributed by atoms with van der Waals surface area (Å²) in [6.07, 6.45) is 0. The van der Waals surface area contributed by atoms with Crippen LogP contribution in [-0.4, -0.2) is 17.7 Å². The van der Waals surface area contributed by atoms with Gasteiger partial charge in [0.1, 0.15) is 0 Å². The maximum absolute atomic E-state index is 12.2. The van der Waals surface area contributed by atoms with Gasteiger partial charge in [-0.25, -0.2) is 0 Å². The van der Waals surface area contributed by atoms with E-state index >= 15 is 0 Å². The number of amides is 3. The Hall–Kier alpha value is -2.57. The molecule has 0 saturated carbocycles. The van der Waals surface area contributed by atoms with Crippen molar-refractivity contribution in [2.24, 2.45) is 11.5 Å². The van der Waals surface area contributed by atoms with Crippen molar-refractivity contribution >= 4 is 46.6 Å². The molecule has 0 atom stereocenters. The van der Waals surface area contributed by atoms with Gasteiger partial charge in [-0.05, 0) is 36.4 Å². The van der Waals surface area contributed by atoms with E-state index in [9.17, 15) is 14.4 Å². The fourth-order valence-corrected chi connectivity index (χ4v) is 2.12. The number of hydrogen-bond donors (Lipinski definition) is 3. The molecule has 0 unspecified atom stereocenters. The Bertz CT molecular complexity index is 789. The fraction of sp³-hybridized carbons (Fsp3) is 0. The normalized spacial score (nSPS) is 10.2. The molecule has 0 radical (unpaired) electrons. The van der Waals surface area contributed by atoms with Gasteiger partial charge >= 0.3 is 0 Å². The zero-order valence-corrected chi connectivity index (χ0v) is 13.1. The smallest absolute Gasteiger partial charge is 0.255 e. The lowest BCUT2D eigenvalue weighted by Crippen LogP contribution is -2.18. The molecular weight excluding hydrogens is 341 g/mol. The van der Waals surface area contributed by atoms with Crippen molar-refractivity contribution in [3.05, 3.63) is 63.1 Å². The van der Waals surface area contributed by atoms with Crippen LogP contribution in [0.15, 0.2) is 36.4 Å². The molecule has 0 aliphatic heterocycles. The number of carbonyl (C=O) groups excluding carboxylic acids is 3. The quantitative estimate of drug-likeness (QED) is 0.785. The molecule has 0 saturated heterocycles. The maximum atomic E-state index is 12.2. The fourth-order valence-electron chi connectivity index (χ4n) is 1.82. The second-order valence-corrected chi connectivity index (χ2v) is 5.42. The molecule has 3 amide bonds. The Morgan fingerprint density at radius 1 is 0.783 bits per heavy atom. The molecule has 2 rings (SSSR count). The van der Waals surface area contributed by atoms with E-state index in [4.69, 9.17) is 34.7 Å². The summed E-state index contributed by atoms with van der Waals surface area (Å²) in [5, 5.41) is 3.08. The van der Waals surface area contributed by atoms with Gasteiger partial charge in [-0.2, -0.15) is 0 Å². The number of anilines is 1. The van der Waals surface area contributed by atoms with Gasteiger partial charge in [0.15, 0.2) is 0 Å². The lowest BCUT2D eigenvalue weighted by Gasteiger charge is -2.09. The van der Waals surface area contributed by atoms with Crippen LogP contribution in [0.4, 0.5) is 5.69 Å². The first-order valence-electron chi connectivity index (χ1n) is 6.29. The zero-order chi connectivity index (χ0) is 17.1. The minimum atomic E-state index is -0.752. The summed E-state index contributed by atoms with van der Waals surface area (Å²) in [7, 11) is 0. The second-order valence-electron chi connectivity index (χ2n) is 4.61. The van der Waals surface area contributed by atoms with Crippen LogP contribution in [-0.2, 0) is 0 Å². The summed E-state index contributed by atoms with van der Waals surface area (Å²) in [6.45, 7) is 0. The lowest BCUT2D eigenvalue weighted by molar-refractivity contribution is 0.0994. The van der Waals surface area contributed by atoms with E-state index in [1.54, 1.807) is 0 Å². The summed E-state index contributed by atoms with van der Waals surface area (Å²) >= 11 is 11.7. The highest BCUT2D eigenvalue weighted by Crippen LogP contribution is 2.23. The predicted molar refractivity (Wildman–Crippen MR) is 87.9 cm³/mol. The highest BCUT2D eigenvalue weighted by atomic mass is 35.5. The molecule has 0 heterocycles. The summed E-state index contributed by atoms with van der Waals surface area (Å²) in [5.41, 5.74) is 10.9. The zero-order valence-electron chi connectivity index (χ0n) is 11.6. The van der Waals surface area contributed by atoms with Crippen LogP contribution in [0, 0.1) is 0 Å². The minimum Gasteiger partial charge on any atom is -0.366 e. The summed E-state index contributed by atoms with van der Waals surface area (Å²) < 4.78 is 0. The molecule has 0 aliphatic rings. The van der Waals surface area contributed by atoms with Crippen molar-refractivity contribution < 1.29 is 14.4 Å². The number of nitrogens with one attached hydrogen (secondary N) is 1. The van der Waals surface area contributed by atoms with Gasteiger partial charge in [0.25, 0.3) is 5.91 Å². The number of hydrogen-bond acceptors (Lipinski definition) is 3. The Morgan fingerprint density at radius 2 is 1.35 bits per heavy atom. The van der Waals surface area contributed by atoms with Crippen LogP contribution in [0.3, 0.4) is 0 Å². The molecule has 0 aromatic heterocycles. The van der Waals surface area contributed by atoms with Crippen LogP contribution in [0.5, 0.6) is 0 Å². The Kier molecular flexibility index (Phi) is 4.88. The van der Waals surface area contributed by atoms with Crippen LogP contribution in [0.25, 0.3) is 0 Å². The highest BCUT2D eigenvalue weighted by molar-refractivity contribution is 6.42. The van der Waals surface area contributed by atoms with Crippen molar-refractivity contribution in [3.8, 4) is 0 Å². The molecule has 6 nitrogen and oxygen atoms in total. The predicted octanol–water partition coefficient (Wildman–Crippen LogP) is 2.44. The molecule has 0 aliphatic carbocycles. The van der Waals surface area contributed by atoms with Crippen LogP contribution < -0.4 is 16.8 Å². The summed E-state index contributed by atoms with van der Waals surface area (Å²) in [5.74, 6) is -2.00. The maximum Gasteiger partial charge on any atom is 0.255 e. The molecule has 0 spiro atoms. The third kappa shape index (κ3) is 4.00. The van der Waals surface area contributed by atoms with E-state index in [-0.39, 0.29) is 27.4 Å². The van der Waals surface area contributed by atoms with Crippen molar-refractivity contribution in [2.75, 3.05) is 5.32 Å². The third-order valence-electron chi connectivity index (χ3n) is 2.94. The van der Waals surface area contributed by atoms with Gasteiger partial charge in [0, 0.05) is 22.4 Å². The Balaban J connectivity index is 2.34. The Morgan fingerprint density at radius 3 is 1.83 bits per heavy atom. The van der Waals surface area contributed by atoms with E-state index in [2.05, 4.69) is 5.32 Å². The van der Waals surface area contributed by atoms with E-state index < -0.39 is 17.7 Å². The lowest BCUT2D eigenvalue weighted by atomic mass is 10.1. The number of rotatable bonds is 4. The third-order valence-corrected chi connectivity index (χ3v) is 3.68. The van der Waals surface area contributed by atoms with Crippen molar-refractivity contribution in [1.82, 2.24) is 0 Å². The average molecular weight is 352 g/mol. The average Bonchev–Trinajstić information content (AvgIpc) is 2.49. The Labute approximate surface area is 141 Å². The van der Waals surface area contributed by atoms with Gasteiger partial charge < -0.3 is 16.8 Å². The SMILES string of the molecule is NC(=O)c1cc(NC(=O)c2ccc(Cl)c(Cl)c2)cc(C(N)=O)c1. The number of primary amides is 2. The monoisotopic (exact) mass is 351 g/mol. The van der Waals surface area contributed by atoms with Gasteiger partial charge in [-0.1, -0.05) is 23.2 Å². The molecule has 2 aromatic rings. The summed E-state index contributed by atoms with van der Waals surface area (Å²) in [6, 6.07) is 8.28. The number of benzene rings is 2. The molecule has 8 heteroatoms. The molecule has 0 fully saturated rings. The topological polar surface area (TPSA) is 115 Å². The van der Waals surface area contributed by atoms with Gasteiger partial charge in [-0.15, -0.1) is 0 Å². The van der Waals surface area contributed by atoms with E-state index in [0.717, 1.165) is 0 Å². The van der Waals surface area contributed by atoms with Crippen molar-refractivity contribution in [2.45, 2.75) is 0 Å². The van der Waals surface area contributed by atoms with E-state index in [1.165, 1.54) is 36.4 Å². The van der Waals surface area contributed by atoms with Gasteiger partial charge in [-0.3, -0.25) is 14.4 Å². The molecule has 23 heavy (non-hydrogen) atoms. The minimum absolute atomic E-state index is 0.0470. The second kappa shape index (κ2) is 6.68. The highest BCUT2D eigenvalue weighted by Gasteiger charge is 2.13. The first kappa shape index (κ1) is 16.8. The van der Waals surface area contributed by atoms with Gasteiger partial charge in [0.05, 0.1) is 10.0 Å². The van der Waals surface area contributed by atoms with Gasteiger partial charge in [0.2, 0.25) is 11.8 Å². The number of halogens is 2. The van der Waals surface area contributed by atoms with E-state index in [0.29, 0.717) is 5.02 Å². The standard InChI is InChI=1S/C15H11Cl2N3O3/c16-11-2-1-7(6-12(11)17)15(23)20-10-4-8(13(18)21)3-9(5-10)14(19)22/h1-6H,(H2,18,21)(H2,19,22)(H,20,23). The molecular formula is C15H11Cl2N3O3. The van der Waals surface area contributed by atoms with Crippen LogP contribution >= 0.6 is 23.2 Å². The van der Waals surface area contributed by atoms with Crippen molar-refractivity contribution in [3.63, 3.8) is 0 Å². The summed E-state index contributed by atoms with van der Waals surface area (Å²) in [4.78, 5) is 34.8.